The van der Waals surface area contributed by atoms with Gasteiger partial charge in [0, 0.05) is 8.95 Å². The van der Waals surface area contributed by atoms with E-state index in [0.717, 1.165) is 0 Å². The molecule has 2 aromatic rings. The van der Waals surface area contributed by atoms with Gasteiger partial charge in [0.1, 0.15) is 5.75 Å². The lowest BCUT2D eigenvalue weighted by Gasteiger charge is -2.09. The molecule has 1 amide bonds. The molecule has 108 valence electrons. The first-order valence-corrected chi connectivity index (χ1v) is 7.30. The minimum atomic E-state index is -1.09. The van der Waals surface area contributed by atoms with E-state index in [9.17, 15) is 14.7 Å². The first-order chi connectivity index (χ1) is 9.88. The van der Waals surface area contributed by atoms with Crippen molar-refractivity contribution in [1.29, 1.82) is 0 Å². The van der Waals surface area contributed by atoms with E-state index in [-0.39, 0.29) is 16.9 Å². The van der Waals surface area contributed by atoms with Crippen molar-refractivity contribution in [2.75, 3.05) is 5.32 Å². The molecule has 0 atom stereocenters. The van der Waals surface area contributed by atoms with E-state index < -0.39 is 11.9 Å². The summed E-state index contributed by atoms with van der Waals surface area (Å²) < 4.78 is 1.18. The van der Waals surface area contributed by atoms with Gasteiger partial charge in [-0.15, -0.1) is 0 Å². The van der Waals surface area contributed by atoms with Gasteiger partial charge in [-0.25, -0.2) is 4.79 Å². The second-order valence-corrected chi connectivity index (χ2v) is 5.89. The number of aromatic carboxylic acids is 1. The summed E-state index contributed by atoms with van der Waals surface area (Å²) in [6.07, 6.45) is 0. The highest BCUT2D eigenvalue weighted by Gasteiger charge is 2.14. The molecule has 5 nitrogen and oxygen atoms in total. The number of hydrogen-bond donors (Lipinski definition) is 3. The van der Waals surface area contributed by atoms with E-state index in [1.165, 1.54) is 30.3 Å². The number of halogens is 2. The first-order valence-electron chi connectivity index (χ1n) is 5.71. The molecule has 0 radical (unpaired) electrons. The quantitative estimate of drug-likeness (QED) is 0.711. The molecular weight excluding hydrogens is 406 g/mol. The second kappa shape index (κ2) is 6.28. The number of nitrogens with one attached hydrogen (secondary N) is 1. The zero-order valence-corrected chi connectivity index (χ0v) is 13.6. The summed E-state index contributed by atoms with van der Waals surface area (Å²) in [6.45, 7) is 0. The number of hydrogen-bond acceptors (Lipinski definition) is 3. The highest BCUT2D eigenvalue weighted by Crippen LogP contribution is 2.27. The minimum absolute atomic E-state index is 0.0496. The van der Waals surface area contributed by atoms with E-state index in [0.29, 0.717) is 14.6 Å². The average molecular weight is 415 g/mol. The molecule has 0 unspecified atom stereocenters. The van der Waals surface area contributed by atoms with Gasteiger partial charge in [0.05, 0.1) is 16.8 Å². The van der Waals surface area contributed by atoms with Gasteiger partial charge in [-0.1, -0.05) is 15.9 Å². The molecule has 3 N–H and O–H groups in total. The fourth-order valence-electron chi connectivity index (χ4n) is 1.64. The van der Waals surface area contributed by atoms with Crippen molar-refractivity contribution in [1.82, 2.24) is 0 Å². The van der Waals surface area contributed by atoms with Crippen molar-refractivity contribution in [2.45, 2.75) is 0 Å². The number of anilines is 1. The highest BCUT2D eigenvalue weighted by atomic mass is 79.9. The number of phenols is 1. The van der Waals surface area contributed by atoms with Crippen LogP contribution in [0.25, 0.3) is 0 Å². The van der Waals surface area contributed by atoms with Crippen LogP contribution in [0.4, 0.5) is 5.69 Å². The van der Waals surface area contributed by atoms with Gasteiger partial charge in [0.25, 0.3) is 5.91 Å². The Morgan fingerprint density at radius 2 is 1.76 bits per heavy atom. The molecule has 7 heteroatoms. The van der Waals surface area contributed by atoms with Gasteiger partial charge >= 0.3 is 5.97 Å². The molecule has 2 aromatic carbocycles. The standard InChI is InChI=1S/C14H9Br2NO4/c15-8-2-3-9(12(18)6-8)13(19)17-11-5-7(14(20)21)1-4-10(11)16/h1-6,18H,(H,17,19)(H,20,21). The summed E-state index contributed by atoms with van der Waals surface area (Å²) in [6, 6.07) is 8.76. The van der Waals surface area contributed by atoms with E-state index in [1.54, 1.807) is 6.07 Å². The first kappa shape index (κ1) is 15.5. The number of phenolic OH excluding ortho intramolecular Hbond substituents is 1. The largest absolute Gasteiger partial charge is 0.507 e. The number of carbonyl (C=O) groups excluding carboxylic acids is 1. The Balaban J connectivity index is 2.31. The zero-order valence-electron chi connectivity index (χ0n) is 10.4. The van der Waals surface area contributed by atoms with Crippen molar-refractivity contribution < 1.29 is 19.8 Å². The van der Waals surface area contributed by atoms with Crippen LogP contribution in [-0.4, -0.2) is 22.1 Å². The maximum absolute atomic E-state index is 12.1. The molecule has 0 bridgehead atoms. The maximum Gasteiger partial charge on any atom is 0.335 e. The molecule has 0 spiro atoms. The molecule has 0 fully saturated rings. The molecule has 0 aliphatic rings. The molecule has 2 rings (SSSR count). The minimum Gasteiger partial charge on any atom is -0.507 e. The number of carbonyl (C=O) groups is 2. The predicted octanol–water partition coefficient (Wildman–Crippen LogP) is 3.87. The van der Waals surface area contributed by atoms with Crippen LogP contribution >= 0.6 is 31.9 Å². The fourth-order valence-corrected chi connectivity index (χ4v) is 2.34. The van der Waals surface area contributed by atoms with Crippen molar-refractivity contribution in [3.63, 3.8) is 0 Å². The van der Waals surface area contributed by atoms with Crippen LogP contribution in [-0.2, 0) is 0 Å². The number of rotatable bonds is 3. The molecule has 0 aliphatic carbocycles. The Morgan fingerprint density at radius 1 is 1.05 bits per heavy atom. The molecule has 0 aromatic heterocycles. The average Bonchev–Trinajstić information content (AvgIpc) is 2.40. The maximum atomic E-state index is 12.1. The summed E-state index contributed by atoms with van der Waals surface area (Å²) in [4.78, 5) is 23.1. The Bertz CT molecular complexity index is 731. The highest BCUT2D eigenvalue weighted by molar-refractivity contribution is 9.10. The Hall–Kier alpha value is -1.86. The number of amides is 1. The molecule has 0 aliphatic heterocycles. The van der Waals surface area contributed by atoms with Gasteiger partial charge in [0.2, 0.25) is 0 Å². The van der Waals surface area contributed by atoms with Crippen LogP contribution in [0.15, 0.2) is 45.3 Å². The van der Waals surface area contributed by atoms with Crippen LogP contribution in [0.1, 0.15) is 20.7 Å². The fraction of sp³-hybridized carbons (Fsp3) is 0. The molecular formula is C14H9Br2NO4. The third kappa shape index (κ3) is 3.62. The topological polar surface area (TPSA) is 86.6 Å². The summed E-state index contributed by atoms with van der Waals surface area (Å²) in [5.74, 6) is -1.81. The van der Waals surface area contributed by atoms with E-state index in [1.807, 2.05) is 0 Å². The third-order valence-corrected chi connectivity index (χ3v) is 3.85. The lowest BCUT2D eigenvalue weighted by atomic mass is 10.1. The van der Waals surface area contributed by atoms with Crippen LogP contribution in [0.3, 0.4) is 0 Å². The summed E-state index contributed by atoms with van der Waals surface area (Å²) in [7, 11) is 0. The lowest BCUT2D eigenvalue weighted by Crippen LogP contribution is -2.13. The Kier molecular flexibility index (Phi) is 4.64. The second-order valence-electron chi connectivity index (χ2n) is 4.12. The molecule has 21 heavy (non-hydrogen) atoms. The van der Waals surface area contributed by atoms with Crippen LogP contribution in [0.5, 0.6) is 5.75 Å². The van der Waals surface area contributed by atoms with E-state index in [2.05, 4.69) is 37.2 Å². The van der Waals surface area contributed by atoms with Gasteiger partial charge in [-0.05, 0) is 52.3 Å². The number of carboxylic acids is 1. The summed E-state index contributed by atoms with van der Waals surface area (Å²) in [5.41, 5.74) is 0.446. The van der Waals surface area contributed by atoms with Gasteiger partial charge in [-0.2, -0.15) is 0 Å². The monoisotopic (exact) mass is 413 g/mol. The summed E-state index contributed by atoms with van der Waals surface area (Å²) >= 11 is 6.42. The normalized spacial score (nSPS) is 10.2. The summed E-state index contributed by atoms with van der Waals surface area (Å²) in [5, 5.41) is 21.3. The Labute approximate surface area is 136 Å². The number of aromatic hydroxyl groups is 1. The predicted molar refractivity (Wildman–Crippen MR) is 84.9 cm³/mol. The lowest BCUT2D eigenvalue weighted by molar-refractivity contribution is 0.0696. The molecule has 0 saturated carbocycles. The molecule has 0 heterocycles. The van der Waals surface area contributed by atoms with Gasteiger partial charge in [0.15, 0.2) is 0 Å². The van der Waals surface area contributed by atoms with Crippen molar-refractivity contribution in [3.8, 4) is 5.75 Å². The van der Waals surface area contributed by atoms with Gasteiger partial charge < -0.3 is 15.5 Å². The van der Waals surface area contributed by atoms with Crippen LogP contribution in [0.2, 0.25) is 0 Å². The van der Waals surface area contributed by atoms with Crippen LogP contribution < -0.4 is 5.32 Å². The Morgan fingerprint density at radius 3 is 2.38 bits per heavy atom. The van der Waals surface area contributed by atoms with E-state index >= 15 is 0 Å². The number of benzene rings is 2. The SMILES string of the molecule is O=C(O)c1ccc(Br)c(NC(=O)c2ccc(Br)cc2O)c1. The van der Waals surface area contributed by atoms with Crippen molar-refractivity contribution in [3.05, 3.63) is 56.5 Å². The smallest absolute Gasteiger partial charge is 0.335 e. The zero-order chi connectivity index (χ0) is 15.6. The van der Waals surface area contributed by atoms with Gasteiger partial charge in [-0.3, -0.25) is 4.79 Å². The number of carboxylic acid groups (broad SMARTS) is 1. The van der Waals surface area contributed by atoms with Crippen LogP contribution in [0, 0.1) is 0 Å². The third-order valence-electron chi connectivity index (χ3n) is 2.67. The molecule has 0 saturated heterocycles. The van der Waals surface area contributed by atoms with Crippen molar-refractivity contribution >= 4 is 49.4 Å². The van der Waals surface area contributed by atoms with E-state index in [4.69, 9.17) is 5.11 Å². The van der Waals surface area contributed by atoms with Crippen molar-refractivity contribution in [2.24, 2.45) is 0 Å².